The third-order valence-electron chi connectivity index (χ3n) is 5.46. The van der Waals surface area contributed by atoms with E-state index >= 15 is 0 Å². The molecule has 2 aliphatic rings. The first kappa shape index (κ1) is 17.8. The van der Waals surface area contributed by atoms with Gasteiger partial charge in [-0.25, -0.2) is 13.6 Å². The zero-order valence-electron chi connectivity index (χ0n) is 15.3. The Kier molecular flexibility index (Phi) is 4.72. The van der Waals surface area contributed by atoms with E-state index in [1.807, 2.05) is 21.6 Å². The second-order valence-corrected chi connectivity index (χ2v) is 7.21. The average Bonchev–Trinajstić information content (AvgIpc) is 3.37. The lowest BCUT2D eigenvalue weighted by molar-refractivity contribution is 0.153. The van der Waals surface area contributed by atoms with Crippen molar-refractivity contribution in [3.8, 4) is 11.1 Å². The van der Waals surface area contributed by atoms with Crippen LogP contribution in [0, 0.1) is 11.6 Å². The van der Waals surface area contributed by atoms with Crippen molar-refractivity contribution in [1.82, 2.24) is 20.0 Å². The minimum Gasteiger partial charge on any atom is -0.363 e. The predicted molar refractivity (Wildman–Crippen MR) is 98.5 cm³/mol. The highest BCUT2D eigenvalue weighted by atomic mass is 19.2. The van der Waals surface area contributed by atoms with Crippen LogP contribution in [0.25, 0.3) is 11.1 Å². The Morgan fingerprint density at radius 3 is 2.56 bits per heavy atom. The van der Waals surface area contributed by atoms with E-state index in [-0.39, 0.29) is 23.3 Å². The molecule has 4 rings (SSSR count). The number of urea groups is 1. The fraction of sp³-hybridized carbons (Fsp3) is 0.474. The topological polar surface area (TPSA) is 55.5 Å². The Labute approximate surface area is 156 Å². The lowest BCUT2D eigenvalue weighted by Crippen LogP contribution is -2.56. The first-order valence-corrected chi connectivity index (χ1v) is 9.34. The molecule has 2 saturated heterocycles. The van der Waals surface area contributed by atoms with Gasteiger partial charge in [0.25, 0.3) is 0 Å². The van der Waals surface area contributed by atoms with Crippen LogP contribution in [0.3, 0.4) is 0 Å². The van der Waals surface area contributed by atoms with Gasteiger partial charge in [-0.05, 0) is 31.9 Å². The Balaban J connectivity index is 1.51. The predicted octanol–water partition coefficient (Wildman–Crippen LogP) is 3.08. The van der Waals surface area contributed by atoms with Gasteiger partial charge in [0.2, 0.25) is 0 Å². The minimum absolute atomic E-state index is 0.0564. The molecule has 0 aliphatic carbocycles. The van der Waals surface area contributed by atoms with Gasteiger partial charge >= 0.3 is 6.03 Å². The molecule has 1 aromatic heterocycles. The highest BCUT2D eigenvalue weighted by molar-refractivity contribution is 5.75. The van der Waals surface area contributed by atoms with Gasteiger partial charge in [0.05, 0.1) is 11.9 Å². The van der Waals surface area contributed by atoms with Gasteiger partial charge in [-0.1, -0.05) is 0 Å². The summed E-state index contributed by atoms with van der Waals surface area (Å²) in [6.45, 7) is 5.03. The number of rotatable bonds is 2. The van der Waals surface area contributed by atoms with E-state index in [0.29, 0.717) is 25.2 Å². The lowest BCUT2D eigenvalue weighted by Gasteiger charge is -2.42. The molecule has 2 amide bonds. The zero-order chi connectivity index (χ0) is 19.0. The van der Waals surface area contributed by atoms with Crippen molar-refractivity contribution >= 4 is 11.7 Å². The average molecular weight is 375 g/mol. The van der Waals surface area contributed by atoms with Gasteiger partial charge in [0.1, 0.15) is 0 Å². The van der Waals surface area contributed by atoms with Crippen LogP contribution in [0.4, 0.5) is 19.3 Å². The number of aromatic nitrogens is 2. The summed E-state index contributed by atoms with van der Waals surface area (Å²) in [6, 6.07) is 3.14. The van der Waals surface area contributed by atoms with E-state index in [9.17, 15) is 13.6 Å². The number of H-pyrrole nitrogens is 1. The highest BCUT2D eigenvalue weighted by Crippen LogP contribution is 2.32. The maximum atomic E-state index is 14.8. The van der Waals surface area contributed by atoms with Crippen molar-refractivity contribution in [3.05, 3.63) is 36.2 Å². The number of likely N-dealkylation sites (tertiary alicyclic amines) is 1. The van der Waals surface area contributed by atoms with E-state index in [2.05, 4.69) is 10.2 Å². The molecule has 144 valence electrons. The van der Waals surface area contributed by atoms with Crippen molar-refractivity contribution in [1.29, 1.82) is 0 Å². The summed E-state index contributed by atoms with van der Waals surface area (Å²) in [7, 11) is 0. The molecule has 0 radical (unpaired) electrons. The third kappa shape index (κ3) is 3.24. The number of carbonyl (C=O) groups excluding carboxylic acids is 1. The molecular formula is C19H23F2N5O. The maximum absolute atomic E-state index is 14.8. The Morgan fingerprint density at radius 2 is 1.89 bits per heavy atom. The molecule has 2 aromatic rings. The summed E-state index contributed by atoms with van der Waals surface area (Å²) in [5.41, 5.74) is 0.924. The standard InChI is InChI=1S/C19H23F2N5O/c1-13-12-25(19(27)24-6-2-3-7-24)8-9-26(13)16-5-4-15(17(20)18(16)21)14-10-22-23-11-14/h4-5,10-11,13H,2-3,6-9,12H2,1H3,(H,22,23)/t13-/m0/s1. The van der Waals surface area contributed by atoms with Gasteiger partial charge in [-0.2, -0.15) is 5.10 Å². The molecule has 0 unspecified atom stereocenters. The molecule has 2 fully saturated rings. The van der Waals surface area contributed by atoms with Crippen LogP contribution in [0.15, 0.2) is 24.5 Å². The van der Waals surface area contributed by atoms with E-state index in [4.69, 9.17) is 0 Å². The number of piperazine rings is 1. The van der Waals surface area contributed by atoms with Crippen molar-refractivity contribution in [2.75, 3.05) is 37.6 Å². The second-order valence-electron chi connectivity index (χ2n) is 7.21. The normalized spacial score (nSPS) is 20.4. The van der Waals surface area contributed by atoms with Gasteiger partial charge in [0, 0.05) is 56.1 Å². The molecule has 6 nitrogen and oxygen atoms in total. The quantitative estimate of drug-likeness (QED) is 0.878. The van der Waals surface area contributed by atoms with Crippen LogP contribution in [0.2, 0.25) is 0 Å². The number of hydrogen-bond donors (Lipinski definition) is 1. The molecule has 3 heterocycles. The Hall–Kier alpha value is -2.64. The number of carbonyl (C=O) groups is 1. The van der Waals surface area contributed by atoms with E-state index in [1.165, 1.54) is 12.4 Å². The minimum atomic E-state index is -0.878. The van der Waals surface area contributed by atoms with Gasteiger partial charge in [0.15, 0.2) is 11.6 Å². The molecule has 0 bridgehead atoms. The summed E-state index contributed by atoms with van der Waals surface area (Å²) < 4.78 is 29.4. The molecule has 8 heteroatoms. The Bertz CT molecular complexity index is 820. The van der Waals surface area contributed by atoms with Crippen molar-refractivity contribution < 1.29 is 13.6 Å². The lowest BCUT2D eigenvalue weighted by atomic mass is 10.1. The van der Waals surface area contributed by atoms with Crippen LogP contribution < -0.4 is 4.90 Å². The number of anilines is 1. The summed E-state index contributed by atoms with van der Waals surface area (Å²) in [5.74, 6) is -1.74. The number of nitrogens with one attached hydrogen (secondary N) is 1. The maximum Gasteiger partial charge on any atom is 0.320 e. The monoisotopic (exact) mass is 375 g/mol. The van der Waals surface area contributed by atoms with Crippen LogP contribution in [-0.4, -0.2) is 64.8 Å². The smallest absolute Gasteiger partial charge is 0.320 e. The number of aromatic amines is 1. The number of halogens is 2. The fourth-order valence-electron chi connectivity index (χ4n) is 3.98. The van der Waals surface area contributed by atoms with Crippen LogP contribution in [0.5, 0.6) is 0 Å². The van der Waals surface area contributed by atoms with E-state index in [0.717, 1.165) is 25.9 Å². The SMILES string of the molecule is C[C@H]1CN(C(=O)N2CCCC2)CCN1c1ccc(-c2cn[nH]c2)c(F)c1F. The second kappa shape index (κ2) is 7.17. The van der Waals surface area contributed by atoms with Crippen LogP contribution >= 0.6 is 0 Å². The fourth-order valence-corrected chi connectivity index (χ4v) is 3.98. The first-order chi connectivity index (χ1) is 13.1. The van der Waals surface area contributed by atoms with Crippen molar-refractivity contribution in [3.63, 3.8) is 0 Å². The van der Waals surface area contributed by atoms with Crippen molar-refractivity contribution in [2.24, 2.45) is 0 Å². The van der Waals surface area contributed by atoms with E-state index < -0.39 is 11.6 Å². The first-order valence-electron chi connectivity index (χ1n) is 9.34. The number of amides is 2. The summed E-state index contributed by atoms with van der Waals surface area (Å²) >= 11 is 0. The number of hydrogen-bond acceptors (Lipinski definition) is 3. The largest absolute Gasteiger partial charge is 0.363 e. The van der Waals surface area contributed by atoms with Gasteiger partial charge in [-0.3, -0.25) is 5.10 Å². The summed E-state index contributed by atoms with van der Waals surface area (Å²) in [6.07, 6.45) is 5.09. The molecule has 1 atom stereocenters. The molecule has 2 aliphatic heterocycles. The molecule has 0 spiro atoms. The molecule has 0 saturated carbocycles. The number of benzene rings is 1. The molecular weight excluding hydrogens is 352 g/mol. The zero-order valence-corrected chi connectivity index (χ0v) is 15.3. The Morgan fingerprint density at radius 1 is 1.11 bits per heavy atom. The third-order valence-corrected chi connectivity index (χ3v) is 5.46. The highest BCUT2D eigenvalue weighted by Gasteiger charge is 2.32. The van der Waals surface area contributed by atoms with E-state index in [1.54, 1.807) is 12.1 Å². The molecule has 27 heavy (non-hydrogen) atoms. The molecule has 1 N–H and O–H groups in total. The van der Waals surface area contributed by atoms with Gasteiger partial charge < -0.3 is 14.7 Å². The van der Waals surface area contributed by atoms with Crippen molar-refractivity contribution in [2.45, 2.75) is 25.8 Å². The van der Waals surface area contributed by atoms with Crippen LogP contribution in [-0.2, 0) is 0 Å². The summed E-state index contributed by atoms with van der Waals surface area (Å²) in [5, 5.41) is 6.39. The molecule has 1 aromatic carbocycles. The van der Waals surface area contributed by atoms with Crippen LogP contribution in [0.1, 0.15) is 19.8 Å². The van der Waals surface area contributed by atoms with Gasteiger partial charge in [-0.15, -0.1) is 0 Å². The number of nitrogens with zero attached hydrogens (tertiary/aromatic N) is 4. The summed E-state index contributed by atoms with van der Waals surface area (Å²) in [4.78, 5) is 18.1.